The SMILES string of the molecule is O=C(N[C@H]1CN[C@H](Cn2ccnn2)C1)c1ncc(-c2cccc(Cl)c2)o1. The van der Waals surface area contributed by atoms with Crippen molar-refractivity contribution < 1.29 is 9.21 Å². The summed E-state index contributed by atoms with van der Waals surface area (Å²) in [5.41, 5.74) is 0.777. The summed E-state index contributed by atoms with van der Waals surface area (Å²) in [4.78, 5) is 16.5. The van der Waals surface area contributed by atoms with Crippen LogP contribution in [-0.2, 0) is 6.54 Å². The molecule has 0 aliphatic carbocycles. The molecule has 26 heavy (non-hydrogen) atoms. The molecule has 3 heterocycles. The zero-order valence-electron chi connectivity index (χ0n) is 13.8. The fourth-order valence-corrected chi connectivity index (χ4v) is 3.22. The van der Waals surface area contributed by atoms with Crippen molar-refractivity contribution in [2.75, 3.05) is 6.54 Å². The van der Waals surface area contributed by atoms with Gasteiger partial charge >= 0.3 is 5.91 Å². The molecule has 0 bridgehead atoms. The smallest absolute Gasteiger partial charge is 0.307 e. The van der Waals surface area contributed by atoms with E-state index >= 15 is 0 Å². The van der Waals surface area contributed by atoms with E-state index in [-0.39, 0.29) is 23.9 Å². The Balaban J connectivity index is 1.35. The number of carbonyl (C=O) groups is 1. The molecule has 0 radical (unpaired) electrons. The maximum absolute atomic E-state index is 12.4. The Hall–Kier alpha value is -2.71. The van der Waals surface area contributed by atoms with Crippen molar-refractivity contribution in [2.45, 2.75) is 25.0 Å². The summed E-state index contributed by atoms with van der Waals surface area (Å²) in [5, 5.41) is 14.7. The lowest BCUT2D eigenvalue weighted by Crippen LogP contribution is -2.36. The molecule has 1 aromatic carbocycles. The van der Waals surface area contributed by atoms with E-state index in [9.17, 15) is 4.79 Å². The van der Waals surface area contributed by atoms with E-state index < -0.39 is 0 Å². The van der Waals surface area contributed by atoms with E-state index in [4.69, 9.17) is 16.0 Å². The number of hydrogen-bond donors (Lipinski definition) is 2. The molecule has 2 atom stereocenters. The third kappa shape index (κ3) is 3.76. The van der Waals surface area contributed by atoms with E-state index in [0.717, 1.165) is 12.0 Å². The van der Waals surface area contributed by atoms with E-state index in [2.05, 4.69) is 25.9 Å². The van der Waals surface area contributed by atoms with Gasteiger partial charge in [0.15, 0.2) is 5.76 Å². The highest BCUT2D eigenvalue weighted by atomic mass is 35.5. The number of halogens is 1. The van der Waals surface area contributed by atoms with Gasteiger partial charge in [0.1, 0.15) is 0 Å². The number of nitrogens with one attached hydrogen (secondary N) is 2. The summed E-state index contributed by atoms with van der Waals surface area (Å²) in [5.74, 6) is 0.220. The zero-order valence-corrected chi connectivity index (χ0v) is 14.6. The van der Waals surface area contributed by atoms with E-state index in [1.54, 1.807) is 23.0 Å². The Morgan fingerprint density at radius 3 is 3.19 bits per heavy atom. The number of hydrogen-bond acceptors (Lipinski definition) is 6. The summed E-state index contributed by atoms with van der Waals surface area (Å²) in [6, 6.07) is 7.45. The average Bonchev–Trinajstić information content (AvgIpc) is 3.37. The largest absolute Gasteiger partial charge is 0.432 e. The van der Waals surface area contributed by atoms with Crippen molar-refractivity contribution >= 4 is 17.5 Å². The van der Waals surface area contributed by atoms with Crippen LogP contribution in [-0.4, -0.2) is 44.5 Å². The molecule has 2 N–H and O–H groups in total. The topological polar surface area (TPSA) is 97.9 Å². The third-order valence-electron chi connectivity index (χ3n) is 4.25. The van der Waals surface area contributed by atoms with Crippen LogP contribution in [0.4, 0.5) is 0 Å². The number of benzene rings is 1. The lowest BCUT2D eigenvalue weighted by atomic mass is 10.1. The normalized spacial score (nSPS) is 19.6. The molecule has 0 unspecified atom stereocenters. The summed E-state index contributed by atoms with van der Waals surface area (Å²) in [6.45, 7) is 1.40. The molecule has 0 saturated carbocycles. The Labute approximate surface area is 154 Å². The standard InChI is InChI=1S/C17H17ClN6O2/c18-12-3-1-2-11(6-12)15-9-20-17(26-15)16(25)22-13-7-14(19-8-13)10-24-5-4-21-23-24/h1-6,9,13-14,19H,7-8,10H2,(H,22,25)/t13-,14+/m1/s1. The van der Waals surface area contributed by atoms with Gasteiger partial charge < -0.3 is 15.1 Å². The van der Waals surface area contributed by atoms with Gasteiger partial charge in [0.25, 0.3) is 5.89 Å². The Morgan fingerprint density at radius 1 is 1.46 bits per heavy atom. The minimum Gasteiger partial charge on any atom is -0.432 e. The quantitative estimate of drug-likeness (QED) is 0.708. The van der Waals surface area contributed by atoms with Gasteiger partial charge in [-0.05, 0) is 18.6 Å². The van der Waals surface area contributed by atoms with Crippen LogP contribution in [0.5, 0.6) is 0 Å². The second-order valence-electron chi connectivity index (χ2n) is 6.18. The van der Waals surface area contributed by atoms with Crippen LogP contribution in [0.3, 0.4) is 0 Å². The summed E-state index contributed by atoms with van der Waals surface area (Å²) in [6.07, 6.45) is 5.79. The molecular formula is C17H17ClN6O2. The molecule has 3 aromatic rings. The van der Waals surface area contributed by atoms with Crippen molar-refractivity contribution in [1.82, 2.24) is 30.6 Å². The number of oxazole rings is 1. The first-order valence-electron chi connectivity index (χ1n) is 8.27. The first-order valence-corrected chi connectivity index (χ1v) is 8.65. The van der Waals surface area contributed by atoms with Gasteiger partial charge in [0.2, 0.25) is 0 Å². The fourth-order valence-electron chi connectivity index (χ4n) is 3.03. The molecule has 1 saturated heterocycles. The minimum absolute atomic E-state index is 0.0116. The fraction of sp³-hybridized carbons (Fsp3) is 0.294. The Kier molecular flexibility index (Phi) is 4.68. The Morgan fingerprint density at radius 2 is 2.38 bits per heavy atom. The van der Waals surface area contributed by atoms with Gasteiger partial charge in [0.05, 0.1) is 18.9 Å². The summed E-state index contributed by atoms with van der Waals surface area (Å²) < 4.78 is 7.36. The average molecular weight is 373 g/mol. The van der Waals surface area contributed by atoms with Crippen molar-refractivity contribution in [3.8, 4) is 11.3 Å². The summed E-state index contributed by atoms with van der Waals surface area (Å²) in [7, 11) is 0. The van der Waals surface area contributed by atoms with Crippen molar-refractivity contribution in [3.63, 3.8) is 0 Å². The molecule has 2 aromatic heterocycles. The highest BCUT2D eigenvalue weighted by Gasteiger charge is 2.27. The zero-order chi connectivity index (χ0) is 17.9. The number of carbonyl (C=O) groups excluding carboxylic acids is 1. The van der Waals surface area contributed by atoms with Crippen LogP contribution in [0.15, 0.2) is 47.3 Å². The number of rotatable bonds is 5. The lowest BCUT2D eigenvalue weighted by Gasteiger charge is -2.11. The van der Waals surface area contributed by atoms with E-state index in [1.165, 1.54) is 6.20 Å². The molecular weight excluding hydrogens is 356 g/mol. The molecule has 9 heteroatoms. The molecule has 8 nitrogen and oxygen atoms in total. The molecule has 1 aliphatic rings. The molecule has 0 spiro atoms. The minimum atomic E-state index is -0.327. The maximum atomic E-state index is 12.4. The van der Waals surface area contributed by atoms with Crippen LogP contribution in [0.2, 0.25) is 5.02 Å². The molecule has 1 amide bonds. The van der Waals surface area contributed by atoms with Crippen molar-refractivity contribution in [2.24, 2.45) is 0 Å². The van der Waals surface area contributed by atoms with Crippen LogP contribution in [0.1, 0.15) is 17.1 Å². The van der Waals surface area contributed by atoms with Crippen LogP contribution < -0.4 is 10.6 Å². The monoisotopic (exact) mass is 372 g/mol. The second-order valence-corrected chi connectivity index (χ2v) is 6.61. The molecule has 1 fully saturated rings. The summed E-state index contributed by atoms with van der Waals surface area (Å²) >= 11 is 5.98. The highest BCUT2D eigenvalue weighted by molar-refractivity contribution is 6.30. The first-order chi connectivity index (χ1) is 12.7. The molecule has 4 rings (SSSR count). The van der Waals surface area contributed by atoms with Crippen LogP contribution in [0, 0.1) is 0 Å². The van der Waals surface area contributed by atoms with Gasteiger partial charge in [-0.25, -0.2) is 4.98 Å². The highest BCUT2D eigenvalue weighted by Crippen LogP contribution is 2.23. The van der Waals surface area contributed by atoms with Gasteiger partial charge in [0, 0.05) is 35.4 Å². The lowest BCUT2D eigenvalue weighted by molar-refractivity contribution is 0.0905. The number of aromatic nitrogens is 4. The van der Waals surface area contributed by atoms with Gasteiger partial charge in [-0.2, -0.15) is 0 Å². The van der Waals surface area contributed by atoms with E-state index in [0.29, 0.717) is 23.9 Å². The van der Waals surface area contributed by atoms with Gasteiger partial charge in [-0.15, -0.1) is 5.10 Å². The maximum Gasteiger partial charge on any atom is 0.307 e. The Bertz CT molecular complexity index is 894. The van der Waals surface area contributed by atoms with Crippen molar-refractivity contribution in [1.29, 1.82) is 0 Å². The number of nitrogens with zero attached hydrogens (tertiary/aromatic N) is 4. The molecule has 134 valence electrons. The second kappa shape index (κ2) is 7.27. The molecule has 1 aliphatic heterocycles. The van der Waals surface area contributed by atoms with E-state index in [1.807, 2.05) is 18.3 Å². The van der Waals surface area contributed by atoms with Gasteiger partial charge in [-0.1, -0.05) is 28.9 Å². The number of amides is 1. The van der Waals surface area contributed by atoms with Gasteiger partial charge in [-0.3, -0.25) is 9.48 Å². The van der Waals surface area contributed by atoms with Crippen LogP contribution in [0.25, 0.3) is 11.3 Å². The first kappa shape index (κ1) is 16.7. The predicted octanol–water partition coefficient (Wildman–Crippen LogP) is 1.75. The van der Waals surface area contributed by atoms with Crippen molar-refractivity contribution in [3.05, 3.63) is 53.8 Å². The third-order valence-corrected chi connectivity index (χ3v) is 4.48. The van der Waals surface area contributed by atoms with Crippen LogP contribution >= 0.6 is 11.6 Å². The predicted molar refractivity (Wildman–Crippen MR) is 94.6 cm³/mol.